The van der Waals surface area contributed by atoms with Gasteiger partial charge in [0.15, 0.2) is 11.5 Å². The second-order valence-corrected chi connectivity index (χ2v) is 10.1. The summed E-state index contributed by atoms with van der Waals surface area (Å²) in [6.07, 6.45) is 0.890. The van der Waals surface area contributed by atoms with Crippen LogP contribution in [0.4, 0.5) is 4.39 Å². The van der Waals surface area contributed by atoms with Gasteiger partial charge in [-0.2, -0.15) is 8.42 Å². The van der Waals surface area contributed by atoms with Crippen LogP contribution in [0.3, 0.4) is 0 Å². The Bertz CT molecular complexity index is 1310. The van der Waals surface area contributed by atoms with Crippen molar-refractivity contribution in [3.05, 3.63) is 84.2 Å². The van der Waals surface area contributed by atoms with Gasteiger partial charge in [-0.3, -0.25) is 4.18 Å². The zero-order valence-corrected chi connectivity index (χ0v) is 19.9. The molecule has 0 aromatic heterocycles. The molecule has 0 bridgehead atoms. The fourth-order valence-corrected chi connectivity index (χ4v) is 5.12. The molecule has 0 spiro atoms. The molecule has 3 aromatic carbocycles. The maximum atomic E-state index is 13.2. The van der Waals surface area contributed by atoms with Crippen LogP contribution in [0.2, 0.25) is 0 Å². The summed E-state index contributed by atoms with van der Waals surface area (Å²) >= 11 is 0. The quantitative estimate of drug-likeness (QED) is 0.517. The number of likely N-dealkylation sites (tertiary alicyclic amines) is 1. The largest absolute Gasteiger partial charge is 0.508 e. The van der Waals surface area contributed by atoms with Crippen LogP contribution in [-0.2, 0) is 14.3 Å². The van der Waals surface area contributed by atoms with Gasteiger partial charge in [0, 0.05) is 18.5 Å². The number of rotatable bonds is 5. The summed E-state index contributed by atoms with van der Waals surface area (Å²) in [4.78, 5) is 2.33. The van der Waals surface area contributed by atoms with E-state index in [0.29, 0.717) is 5.75 Å². The molecule has 0 aliphatic carbocycles. The molecule has 1 N–H and O–H groups in total. The maximum Gasteiger partial charge on any atom is 0.296 e. The Morgan fingerprint density at radius 3 is 2.54 bits per heavy atom. The van der Waals surface area contributed by atoms with Crippen LogP contribution in [-0.4, -0.2) is 51.9 Å². The van der Waals surface area contributed by atoms with Crippen LogP contribution in [0.1, 0.15) is 20.6 Å². The SMILES string of the molecule is CN1CC[C@@H](c2ccc(F)cc2)[C@H](COS(=O)(=O)c2ccccc2)C1.[2H]C1([2H])Oc2ccc(O)cc2O1. The van der Waals surface area contributed by atoms with E-state index < -0.39 is 16.9 Å². The van der Waals surface area contributed by atoms with Gasteiger partial charge in [-0.25, -0.2) is 4.39 Å². The van der Waals surface area contributed by atoms with E-state index in [9.17, 15) is 12.8 Å². The molecule has 2 aliphatic rings. The zero-order chi connectivity index (χ0) is 26.6. The summed E-state index contributed by atoms with van der Waals surface area (Å²) in [6, 6.07) is 18.8. The third-order valence-electron chi connectivity index (χ3n) is 5.93. The van der Waals surface area contributed by atoms with Crippen LogP contribution in [0.5, 0.6) is 17.2 Å². The molecule has 3 aromatic rings. The van der Waals surface area contributed by atoms with E-state index in [0.717, 1.165) is 25.1 Å². The highest BCUT2D eigenvalue weighted by Crippen LogP contribution is 2.35. The van der Waals surface area contributed by atoms with Crippen LogP contribution >= 0.6 is 0 Å². The third-order valence-corrected chi connectivity index (χ3v) is 7.23. The first kappa shape index (κ1) is 22.3. The van der Waals surface area contributed by atoms with E-state index in [2.05, 4.69) is 4.90 Å². The number of phenolic OH excluding ortho intramolecular Hbond substituents is 1. The van der Waals surface area contributed by atoms with E-state index in [4.69, 9.17) is 21.5 Å². The molecule has 1 fully saturated rings. The number of fused-ring (bicyclic) bond motifs is 1. The Hall–Kier alpha value is -3.14. The predicted molar refractivity (Wildman–Crippen MR) is 129 cm³/mol. The molecule has 0 amide bonds. The van der Waals surface area contributed by atoms with Crippen molar-refractivity contribution in [3.8, 4) is 17.2 Å². The standard InChI is InChI=1S/C19H22FNO3S.C7H6O3/c1-21-12-11-19(15-7-9-17(20)10-8-15)16(13-21)14-24-25(22,23)18-5-3-2-4-6-18;8-5-1-2-6-7(3-5)10-4-9-6/h2-10,16,19H,11-14H2,1H3;1-3,8H,4H2/t16-,19-;/m0./s1/i;4D2. The number of aromatic hydroxyl groups is 1. The lowest BCUT2D eigenvalue weighted by molar-refractivity contribution is 0.132. The van der Waals surface area contributed by atoms with E-state index in [1.807, 2.05) is 7.05 Å². The first-order chi connectivity index (χ1) is 17.5. The lowest BCUT2D eigenvalue weighted by Gasteiger charge is -2.36. The predicted octanol–water partition coefficient (Wildman–Crippen LogP) is 4.39. The molecule has 35 heavy (non-hydrogen) atoms. The average molecular weight is 504 g/mol. The van der Waals surface area contributed by atoms with E-state index in [-0.39, 0.29) is 40.7 Å². The smallest absolute Gasteiger partial charge is 0.296 e. The summed E-state index contributed by atoms with van der Waals surface area (Å²) in [6.45, 7) is -0.337. The van der Waals surface area contributed by atoms with Crippen LogP contribution < -0.4 is 9.47 Å². The normalized spacial score (nSPS) is 21.9. The summed E-state index contributed by atoms with van der Waals surface area (Å²) in [5.41, 5.74) is 1.03. The number of benzene rings is 3. The van der Waals surface area contributed by atoms with Gasteiger partial charge >= 0.3 is 0 Å². The zero-order valence-electron chi connectivity index (χ0n) is 21.1. The Kier molecular flexibility index (Phi) is 7.06. The number of hydrogen-bond acceptors (Lipinski definition) is 7. The number of halogens is 1. The van der Waals surface area contributed by atoms with E-state index >= 15 is 0 Å². The lowest BCUT2D eigenvalue weighted by Crippen LogP contribution is -2.39. The number of phenols is 1. The van der Waals surface area contributed by atoms with Crippen molar-refractivity contribution in [1.82, 2.24) is 4.90 Å². The molecule has 0 radical (unpaired) electrons. The summed E-state index contributed by atoms with van der Waals surface area (Å²) in [5.74, 6) is 0.467. The van der Waals surface area contributed by atoms with Crippen LogP contribution in [0.15, 0.2) is 77.7 Å². The van der Waals surface area contributed by atoms with Crippen molar-refractivity contribution < 1.29 is 34.3 Å². The second kappa shape index (κ2) is 11.1. The monoisotopic (exact) mass is 503 g/mol. The average Bonchev–Trinajstić information content (AvgIpc) is 3.17. The van der Waals surface area contributed by atoms with Crippen molar-refractivity contribution in [2.24, 2.45) is 5.92 Å². The molecular formula is C26H28FNO6S. The van der Waals surface area contributed by atoms with Gasteiger partial charge in [-0.15, -0.1) is 0 Å². The fourth-order valence-electron chi connectivity index (χ4n) is 4.14. The van der Waals surface area contributed by atoms with E-state index in [1.165, 1.54) is 42.5 Å². The highest BCUT2D eigenvalue weighted by molar-refractivity contribution is 7.86. The highest BCUT2D eigenvalue weighted by Gasteiger charge is 2.31. The van der Waals surface area contributed by atoms with Crippen molar-refractivity contribution >= 4 is 10.1 Å². The molecule has 9 heteroatoms. The third kappa shape index (κ3) is 6.50. The topological polar surface area (TPSA) is 85.3 Å². The Balaban J connectivity index is 0.000000222. The van der Waals surface area contributed by atoms with Gasteiger partial charge in [0.1, 0.15) is 14.3 Å². The summed E-state index contributed by atoms with van der Waals surface area (Å²) < 4.78 is 66.9. The van der Waals surface area contributed by atoms with Gasteiger partial charge < -0.3 is 19.5 Å². The molecular weight excluding hydrogens is 473 g/mol. The second-order valence-electron chi connectivity index (χ2n) is 8.44. The van der Waals surface area contributed by atoms with Gasteiger partial charge in [-0.1, -0.05) is 30.3 Å². The van der Waals surface area contributed by atoms with Crippen LogP contribution in [0, 0.1) is 11.7 Å². The summed E-state index contributed by atoms with van der Waals surface area (Å²) in [7, 11) is -1.75. The van der Waals surface area contributed by atoms with Gasteiger partial charge in [0.2, 0.25) is 6.75 Å². The highest BCUT2D eigenvalue weighted by atomic mass is 32.2. The van der Waals surface area contributed by atoms with Gasteiger partial charge in [0.25, 0.3) is 10.1 Å². The lowest BCUT2D eigenvalue weighted by atomic mass is 9.81. The maximum absolute atomic E-state index is 13.2. The van der Waals surface area contributed by atoms with Crippen molar-refractivity contribution in [2.75, 3.05) is 33.5 Å². The first-order valence-corrected chi connectivity index (χ1v) is 12.5. The minimum absolute atomic E-state index is 0.0232. The van der Waals surface area contributed by atoms with Crippen molar-refractivity contribution in [3.63, 3.8) is 0 Å². The van der Waals surface area contributed by atoms with Gasteiger partial charge in [0.05, 0.1) is 11.5 Å². The molecule has 2 atom stereocenters. The van der Waals surface area contributed by atoms with Gasteiger partial charge in [-0.05, 0) is 67.9 Å². The number of nitrogens with zero attached hydrogens (tertiary/aromatic N) is 1. The summed E-state index contributed by atoms with van der Waals surface area (Å²) in [5, 5.41) is 9.01. The Morgan fingerprint density at radius 2 is 1.80 bits per heavy atom. The molecule has 5 rings (SSSR count). The van der Waals surface area contributed by atoms with Crippen molar-refractivity contribution in [1.29, 1.82) is 0 Å². The van der Waals surface area contributed by atoms with Crippen molar-refractivity contribution in [2.45, 2.75) is 17.2 Å². The molecule has 2 heterocycles. The van der Waals surface area contributed by atoms with E-state index in [1.54, 1.807) is 30.3 Å². The number of piperidine rings is 1. The molecule has 0 saturated carbocycles. The molecule has 186 valence electrons. The molecule has 7 nitrogen and oxygen atoms in total. The first-order valence-electron chi connectivity index (χ1n) is 12.1. The number of ether oxygens (including phenoxy) is 2. The minimum atomic E-state index is -3.77. The Morgan fingerprint density at radius 1 is 1.09 bits per heavy atom. The van der Waals surface area contributed by atoms with Crippen LogP contribution in [0.25, 0.3) is 0 Å². The number of hydrogen-bond donors (Lipinski definition) is 1. The molecule has 0 unspecified atom stereocenters. The Labute approximate surface area is 207 Å². The fraction of sp³-hybridized carbons (Fsp3) is 0.308. The minimum Gasteiger partial charge on any atom is -0.508 e. The molecule has 2 aliphatic heterocycles. The molecule has 1 saturated heterocycles.